The molecule has 0 bridgehead atoms. The quantitative estimate of drug-likeness (QED) is 0.174. The highest BCUT2D eigenvalue weighted by Gasteiger charge is 2.48. The van der Waals surface area contributed by atoms with Gasteiger partial charge >= 0.3 is 0 Å². The molecule has 6 fully saturated rings. The zero-order chi connectivity index (χ0) is 53.1. The van der Waals surface area contributed by atoms with Crippen molar-refractivity contribution in [3.05, 3.63) is 63.7 Å². The van der Waals surface area contributed by atoms with Crippen LogP contribution in [0.1, 0.15) is 137 Å². The number of benzene rings is 2. The molecule has 6 N–H and O–H groups in total. The molecule has 2 aromatic rings. The van der Waals surface area contributed by atoms with Crippen molar-refractivity contribution in [1.29, 1.82) is 0 Å². The van der Waals surface area contributed by atoms with E-state index >= 15 is 0 Å². The smallest absolute Gasteiger partial charge is 0.202 e. The molecule has 414 valence electrons. The molecular formula is C55H74O20. The van der Waals surface area contributed by atoms with Gasteiger partial charge in [-0.3, -0.25) is 9.59 Å². The first-order valence-electron chi connectivity index (χ1n) is 26.9. The van der Waals surface area contributed by atoms with E-state index in [2.05, 4.69) is 0 Å². The van der Waals surface area contributed by atoms with Crippen LogP contribution in [0.3, 0.4) is 0 Å². The number of aryl methyl sites for hydroxylation is 1. The Kier molecular flexibility index (Phi) is 16.6. The summed E-state index contributed by atoms with van der Waals surface area (Å²) in [6.45, 7) is 12.7. The fourth-order valence-electron chi connectivity index (χ4n) is 12.0. The summed E-state index contributed by atoms with van der Waals surface area (Å²) in [6.07, 6.45) is -11.0. The van der Waals surface area contributed by atoms with Crippen LogP contribution in [0.4, 0.5) is 0 Å². The Morgan fingerprint density at radius 1 is 0.520 bits per heavy atom. The first-order valence-corrected chi connectivity index (χ1v) is 26.9. The third-order valence-electron chi connectivity index (χ3n) is 16.2. The zero-order valence-electron chi connectivity index (χ0n) is 43.6. The second-order valence-electron chi connectivity index (χ2n) is 21.8. The van der Waals surface area contributed by atoms with E-state index < -0.39 is 116 Å². The first kappa shape index (κ1) is 54.8. The minimum absolute atomic E-state index is 0.0222. The summed E-state index contributed by atoms with van der Waals surface area (Å²) in [5.74, 6) is -1.21. The molecule has 6 aliphatic heterocycles. The SMILES string of the molecule is Cc1cc(O)c2c(c1)C[C@@H](O)C1=C2C(=O)c2cccc(O[C@H]3C[C@@H](O)[C@H](O[C@H]4C[C@@H](O[C@H]5CC[C@H](O[C@H]6CC[C@H](O[C@H]7C[C@@H](O[C@H]8CC[C@H](O)[C@H](C)O8)[C@H](O)[C@@H](C)O7)[C@@H](C)O6)[C@H](C)O5)[C@H](O)[C@@H](C)O4)[C@@H](C)O3)c2C1=O. The van der Waals surface area contributed by atoms with Gasteiger partial charge in [0.2, 0.25) is 6.29 Å². The van der Waals surface area contributed by atoms with Gasteiger partial charge < -0.3 is 87.5 Å². The van der Waals surface area contributed by atoms with E-state index in [1.165, 1.54) is 18.2 Å². The molecular weight excluding hydrogens is 981 g/mol. The van der Waals surface area contributed by atoms with Gasteiger partial charge in [-0.15, -0.1) is 0 Å². The van der Waals surface area contributed by atoms with Crippen LogP contribution < -0.4 is 4.74 Å². The van der Waals surface area contributed by atoms with E-state index in [-0.39, 0.29) is 89.1 Å². The number of aliphatic hydroxyl groups is 5. The van der Waals surface area contributed by atoms with Crippen molar-refractivity contribution >= 4 is 17.1 Å². The van der Waals surface area contributed by atoms with Gasteiger partial charge in [0.25, 0.3) is 0 Å². The maximum Gasteiger partial charge on any atom is 0.202 e. The highest BCUT2D eigenvalue weighted by atomic mass is 16.8. The molecule has 2 aromatic carbocycles. The van der Waals surface area contributed by atoms with Crippen molar-refractivity contribution in [3.63, 3.8) is 0 Å². The van der Waals surface area contributed by atoms with Crippen molar-refractivity contribution < 1.29 is 97.1 Å². The number of hydrogen-bond acceptors (Lipinski definition) is 20. The molecule has 0 spiro atoms. The van der Waals surface area contributed by atoms with E-state index in [1.807, 2.05) is 13.8 Å². The lowest BCUT2D eigenvalue weighted by Gasteiger charge is -2.45. The van der Waals surface area contributed by atoms with Crippen molar-refractivity contribution in [1.82, 2.24) is 0 Å². The molecule has 0 saturated carbocycles. The van der Waals surface area contributed by atoms with Crippen molar-refractivity contribution in [3.8, 4) is 11.5 Å². The highest BCUT2D eigenvalue weighted by Crippen LogP contribution is 2.46. The fourth-order valence-corrected chi connectivity index (χ4v) is 12.0. The van der Waals surface area contributed by atoms with E-state index in [0.717, 1.165) is 5.56 Å². The highest BCUT2D eigenvalue weighted by molar-refractivity contribution is 6.42. The average Bonchev–Trinajstić information content (AvgIpc) is 3.38. The number of carbonyl (C=O) groups is 2. The standard InChI is InChI=1S/C55H74O20/c1-23-17-30-19-34(58)49-50(47(30)33(57)18-23)53(62)31-9-8-10-38(48(31)54(49)63)72-44-20-35(59)55(29(7)69-44)75-46-22-40(52(61)28(6)68-46)74-43-16-12-36(25(3)66-43)70-42-15-13-37(26(4)65-42)71-45-21-39(51(60)27(5)67-45)73-41-14-11-32(56)24(2)64-41/h8-10,17-18,24-29,32,34-37,39-46,51-52,55-61H,11-16,19-22H2,1-7H3/t24-,25-,26+,27+,28+,29+,32-,34+,35+,36-,37-,39+,40+,41-,42-,43-,44-,45-,46-,51+,52+,55+/m0/s1. The van der Waals surface area contributed by atoms with Crippen LogP contribution in [-0.4, -0.2) is 178 Å². The van der Waals surface area contributed by atoms with Crippen LogP contribution >= 0.6 is 0 Å². The average molecular weight is 1060 g/mol. The van der Waals surface area contributed by atoms with Crippen molar-refractivity contribution in [2.24, 2.45) is 0 Å². The predicted octanol–water partition coefficient (Wildman–Crippen LogP) is 4.18. The maximum absolute atomic E-state index is 14.2. The maximum atomic E-state index is 14.2. The summed E-state index contributed by atoms with van der Waals surface area (Å²) >= 11 is 0. The second kappa shape index (κ2) is 22.7. The van der Waals surface area contributed by atoms with Gasteiger partial charge in [0.1, 0.15) is 29.8 Å². The Bertz CT molecular complexity index is 2400. The topological polar surface area (TPSA) is 266 Å². The van der Waals surface area contributed by atoms with E-state index in [1.54, 1.807) is 46.8 Å². The Hall–Kier alpha value is -3.52. The largest absolute Gasteiger partial charge is 0.507 e. The van der Waals surface area contributed by atoms with Gasteiger partial charge in [-0.2, -0.15) is 0 Å². The normalized spacial score (nSPS) is 42.4. The first-order chi connectivity index (χ1) is 35.8. The van der Waals surface area contributed by atoms with Crippen molar-refractivity contribution in [2.75, 3.05) is 0 Å². The Morgan fingerprint density at radius 2 is 1.05 bits per heavy atom. The zero-order valence-corrected chi connectivity index (χ0v) is 43.6. The van der Waals surface area contributed by atoms with Gasteiger partial charge in [-0.25, -0.2) is 0 Å². The number of carbonyl (C=O) groups excluding carboxylic acids is 2. The number of fused-ring (bicyclic) bond motifs is 3. The number of phenols is 1. The van der Waals surface area contributed by atoms with Gasteiger partial charge in [-0.1, -0.05) is 18.2 Å². The number of phenolic OH excluding ortho intramolecular Hbond substituents is 1. The van der Waals surface area contributed by atoms with Crippen molar-refractivity contribution in [2.45, 2.75) is 248 Å². The van der Waals surface area contributed by atoms with Crippen LogP contribution in [0.5, 0.6) is 11.5 Å². The second-order valence-corrected chi connectivity index (χ2v) is 21.8. The third kappa shape index (κ3) is 11.5. The number of aliphatic hydroxyl groups excluding tert-OH is 5. The Labute approximate surface area is 436 Å². The summed E-state index contributed by atoms with van der Waals surface area (Å²) in [7, 11) is 0. The minimum Gasteiger partial charge on any atom is -0.507 e. The number of ether oxygens (including phenoxy) is 12. The van der Waals surface area contributed by atoms with Crippen LogP contribution in [0, 0.1) is 6.92 Å². The summed E-state index contributed by atoms with van der Waals surface area (Å²) in [5.41, 5.74) is 1.48. The van der Waals surface area contributed by atoms with Crippen LogP contribution in [-0.2, 0) is 58.5 Å². The summed E-state index contributed by atoms with van der Waals surface area (Å²) in [6, 6.07) is 7.92. The molecule has 20 nitrogen and oxygen atoms in total. The lowest BCUT2D eigenvalue weighted by molar-refractivity contribution is -0.333. The molecule has 20 heteroatoms. The van der Waals surface area contributed by atoms with Crippen LogP contribution in [0.15, 0.2) is 35.9 Å². The molecule has 6 saturated heterocycles. The molecule has 6 heterocycles. The monoisotopic (exact) mass is 1050 g/mol. The molecule has 8 aliphatic rings. The van der Waals surface area contributed by atoms with E-state index in [9.17, 15) is 40.2 Å². The van der Waals surface area contributed by atoms with Gasteiger partial charge in [0.05, 0.1) is 84.9 Å². The van der Waals surface area contributed by atoms with Crippen LogP contribution in [0.25, 0.3) is 5.57 Å². The van der Waals surface area contributed by atoms with Crippen LogP contribution in [0.2, 0.25) is 0 Å². The fraction of sp³-hybridized carbons (Fsp3) is 0.709. The molecule has 2 aliphatic carbocycles. The lowest BCUT2D eigenvalue weighted by atomic mass is 9.73. The third-order valence-corrected chi connectivity index (χ3v) is 16.2. The summed E-state index contributed by atoms with van der Waals surface area (Å²) in [5, 5.41) is 65.7. The van der Waals surface area contributed by atoms with Gasteiger partial charge in [-0.05, 0) is 91.0 Å². The number of allylic oxidation sites excluding steroid dienone is 1. The van der Waals surface area contributed by atoms with E-state index in [0.29, 0.717) is 50.5 Å². The molecule has 0 amide bonds. The molecule has 0 radical (unpaired) electrons. The number of aromatic hydroxyl groups is 1. The number of hydrogen-bond donors (Lipinski definition) is 6. The minimum atomic E-state index is -1.28. The molecule has 0 unspecified atom stereocenters. The molecule has 10 rings (SSSR count). The van der Waals surface area contributed by atoms with E-state index in [4.69, 9.17) is 56.8 Å². The predicted molar refractivity (Wildman–Crippen MR) is 261 cm³/mol. The Balaban J connectivity index is 0.686. The van der Waals surface area contributed by atoms with Gasteiger partial charge in [0.15, 0.2) is 43.0 Å². The Morgan fingerprint density at radius 3 is 1.64 bits per heavy atom. The number of rotatable bonds is 12. The number of Topliss-reactive ketones (excluding diaryl/α,β-unsaturated/α-hetero) is 2. The molecule has 0 aromatic heterocycles. The molecule has 22 atom stereocenters. The lowest BCUT2D eigenvalue weighted by Crippen LogP contribution is -2.55. The van der Waals surface area contributed by atoms with Gasteiger partial charge in [0, 0.05) is 67.2 Å². The molecule has 75 heavy (non-hydrogen) atoms. The summed E-state index contributed by atoms with van der Waals surface area (Å²) in [4.78, 5) is 28.2. The summed E-state index contributed by atoms with van der Waals surface area (Å²) < 4.78 is 74.8. The number of ketones is 2.